The molecule has 0 amide bonds. The molecule has 0 spiro atoms. The Hall–Kier alpha value is -0.940. The highest BCUT2D eigenvalue weighted by atomic mass is 16.5. The van der Waals surface area contributed by atoms with Gasteiger partial charge in [-0.25, -0.2) is 0 Å². The highest BCUT2D eigenvalue weighted by molar-refractivity contribution is 4.92. The second-order valence-electron chi connectivity index (χ2n) is 4.25. The van der Waals surface area contributed by atoms with E-state index in [2.05, 4.69) is 29.4 Å². The van der Waals surface area contributed by atoms with Crippen molar-refractivity contribution in [2.45, 2.75) is 45.9 Å². The third-order valence-electron chi connectivity index (χ3n) is 2.15. The first-order chi connectivity index (χ1) is 6.95. The Morgan fingerprint density at radius 1 is 1.40 bits per heavy atom. The summed E-state index contributed by atoms with van der Waals surface area (Å²) < 4.78 is 10.7. The number of aromatic nitrogens is 2. The zero-order chi connectivity index (χ0) is 11.5. The van der Waals surface area contributed by atoms with E-state index >= 15 is 0 Å². The van der Waals surface area contributed by atoms with Crippen LogP contribution in [0, 0.1) is 0 Å². The summed E-state index contributed by atoms with van der Waals surface area (Å²) in [4.78, 5) is 0. The van der Waals surface area contributed by atoms with Crippen LogP contribution in [0.4, 0.5) is 0 Å². The molecule has 5 nitrogen and oxygen atoms in total. The van der Waals surface area contributed by atoms with Crippen molar-refractivity contribution in [3.8, 4) is 0 Å². The van der Waals surface area contributed by atoms with E-state index in [1.807, 2.05) is 13.8 Å². The molecule has 0 unspecified atom stereocenters. The van der Waals surface area contributed by atoms with Gasteiger partial charge in [0, 0.05) is 13.2 Å². The molecule has 0 atom stereocenters. The summed E-state index contributed by atoms with van der Waals surface area (Å²) in [7, 11) is 1.62. The third-order valence-corrected chi connectivity index (χ3v) is 2.15. The molecular weight excluding hydrogens is 194 g/mol. The predicted octanol–water partition coefficient (Wildman–Crippen LogP) is 1.45. The molecule has 0 aliphatic rings. The molecule has 0 fully saturated rings. The molecule has 1 aromatic heterocycles. The van der Waals surface area contributed by atoms with E-state index in [-0.39, 0.29) is 0 Å². The molecule has 0 bridgehead atoms. The Morgan fingerprint density at radius 3 is 2.60 bits per heavy atom. The third kappa shape index (κ3) is 3.28. The van der Waals surface area contributed by atoms with E-state index in [0.717, 1.165) is 0 Å². The second-order valence-corrected chi connectivity index (χ2v) is 4.25. The SMILES string of the molecule is COC(C)(C)c1nnc(CNC(C)C)o1. The first-order valence-electron chi connectivity index (χ1n) is 5.07. The Balaban J connectivity index is 2.64. The number of nitrogens with one attached hydrogen (secondary N) is 1. The Kier molecular flexibility index (Phi) is 3.82. The minimum absolute atomic E-state index is 0.399. The Labute approximate surface area is 90.2 Å². The number of hydrogen-bond donors (Lipinski definition) is 1. The van der Waals surface area contributed by atoms with Gasteiger partial charge in [-0.15, -0.1) is 10.2 Å². The number of nitrogens with zero attached hydrogens (tertiary/aromatic N) is 2. The molecule has 1 heterocycles. The molecule has 5 heteroatoms. The topological polar surface area (TPSA) is 60.2 Å². The molecule has 1 N–H and O–H groups in total. The number of ether oxygens (including phenoxy) is 1. The van der Waals surface area contributed by atoms with Crippen molar-refractivity contribution in [3.63, 3.8) is 0 Å². The van der Waals surface area contributed by atoms with Gasteiger partial charge < -0.3 is 14.5 Å². The number of hydrogen-bond acceptors (Lipinski definition) is 5. The van der Waals surface area contributed by atoms with Crippen molar-refractivity contribution in [2.24, 2.45) is 0 Å². The fourth-order valence-corrected chi connectivity index (χ4v) is 0.947. The molecule has 86 valence electrons. The van der Waals surface area contributed by atoms with Crippen LogP contribution in [0.15, 0.2) is 4.42 Å². The lowest BCUT2D eigenvalue weighted by Gasteiger charge is -2.17. The van der Waals surface area contributed by atoms with Crippen LogP contribution in [-0.4, -0.2) is 23.3 Å². The normalized spacial score (nSPS) is 12.4. The van der Waals surface area contributed by atoms with Gasteiger partial charge in [-0.1, -0.05) is 13.8 Å². The van der Waals surface area contributed by atoms with E-state index in [1.165, 1.54) is 0 Å². The van der Waals surface area contributed by atoms with Crippen LogP contribution in [0.5, 0.6) is 0 Å². The van der Waals surface area contributed by atoms with Gasteiger partial charge in [-0.2, -0.15) is 0 Å². The van der Waals surface area contributed by atoms with Crippen LogP contribution >= 0.6 is 0 Å². The van der Waals surface area contributed by atoms with Gasteiger partial charge in [0.25, 0.3) is 0 Å². The smallest absolute Gasteiger partial charge is 0.247 e. The zero-order valence-corrected chi connectivity index (χ0v) is 10.00. The summed E-state index contributed by atoms with van der Waals surface area (Å²) in [5.74, 6) is 1.09. The second kappa shape index (κ2) is 4.72. The fraction of sp³-hybridized carbons (Fsp3) is 0.800. The van der Waals surface area contributed by atoms with Gasteiger partial charge in [0.05, 0.1) is 6.54 Å². The minimum atomic E-state index is -0.525. The number of rotatable bonds is 5. The average molecular weight is 213 g/mol. The summed E-state index contributed by atoms with van der Waals surface area (Å²) in [6.45, 7) is 8.50. The molecule has 1 aromatic rings. The summed E-state index contributed by atoms with van der Waals surface area (Å²) in [5.41, 5.74) is -0.525. The summed E-state index contributed by atoms with van der Waals surface area (Å²) >= 11 is 0. The summed E-state index contributed by atoms with van der Waals surface area (Å²) in [5, 5.41) is 11.1. The summed E-state index contributed by atoms with van der Waals surface area (Å²) in [6, 6.07) is 0.399. The maximum atomic E-state index is 5.48. The van der Waals surface area contributed by atoms with Crippen LogP contribution in [0.2, 0.25) is 0 Å². The number of methoxy groups -OCH3 is 1. The Morgan fingerprint density at radius 2 is 2.07 bits per heavy atom. The molecule has 1 rings (SSSR count). The molecule has 0 aliphatic carbocycles. The predicted molar refractivity (Wildman–Crippen MR) is 56.3 cm³/mol. The molecule has 0 saturated heterocycles. The van der Waals surface area contributed by atoms with E-state index in [0.29, 0.717) is 24.4 Å². The van der Waals surface area contributed by atoms with E-state index < -0.39 is 5.60 Å². The maximum absolute atomic E-state index is 5.48. The summed E-state index contributed by atoms with van der Waals surface area (Å²) in [6.07, 6.45) is 0. The maximum Gasteiger partial charge on any atom is 0.247 e. The van der Waals surface area contributed by atoms with Crippen LogP contribution in [-0.2, 0) is 16.9 Å². The Bertz CT molecular complexity index is 307. The van der Waals surface area contributed by atoms with Crippen molar-refractivity contribution in [3.05, 3.63) is 11.8 Å². The van der Waals surface area contributed by atoms with Crippen LogP contribution in [0.25, 0.3) is 0 Å². The monoisotopic (exact) mass is 213 g/mol. The van der Waals surface area contributed by atoms with Gasteiger partial charge in [0.1, 0.15) is 5.60 Å². The quantitative estimate of drug-likeness (QED) is 0.802. The van der Waals surface area contributed by atoms with Crippen molar-refractivity contribution >= 4 is 0 Å². The lowest BCUT2D eigenvalue weighted by Crippen LogP contribution is -2.22. The van der Waals surface area contributed by atoms with Crippen LogP contribution < -0.4 is 5.32 Å². The van der Waals surface area contributed by atoms with Gasteiger partial charge in [-0.3, -0.25) is 0 Å². The lowest BCUT2D eigenvalue weighted by molar-refractivity contribution is -0.00460. The average Bonchev–Trinajstić information content (AvgIpc) is 2.63. The first-order valence-corrected chi connectivity index (χ1v) is 5.07. The molecule has 0 aromatic carbocycles. The molecule has 0 saturated carbocycles. The van der Waals surface area contributed by atoms with Crippen molar-refractivity contribution in [2.75, 3.05) is 7.11 Å². The highest BCUT2D eigenvalue weighted by Crippen LogP contribution is 2.21. The van der Waals surface area contributed by atoms with Crippen LogP contribution in [0.1, 0.15) is 39.5 Å². The first kappa shape index (κ1) is 12.1. The van der Waals surface area contributed by atoms with Crippen molar-refractivity contribution in [1.29, 1.82) is 0 Å². The molecule has 0 radical (unpaired) electrons. The molecule has 0 aliphatic heterocycles. The fourth-order valence-electron chi connectivity index (χ4n) is 0.947. The van der Waals surface area contributed by atoms with E-state index in [1.54, 1.807) is 7.11 Å². The minimum Gasteiger partial charge on any atom is -0.421 e. The van der Waals surface area contributed by atoms with Gasteiger partial charge >= 0.3 is 0 Å². The largest absolute Gasteiger partial charge is 0.421 e. The van der Waals surface area contributed by atoms with Gasteiger partial charge in [0.2, 0.25) is 11.8 Å². The van der Waals surface area contributed by atoms with Crippen molar-refractivity contribution < 1.29 is 9.15 Å². The van der Waals surface area contributed by atoms with Gasteiger partial charge in [-0.05, 0) is 13.8 Å². The zero-order valence-electron chi connectivity index (χ0n) is 10.00. The van der Waals surface area contributed by atoms with Gasteiger partial charge in [0.15, 0.2) is 0 Å². The van der Waals surface area contributed by atoms with Crippen molar-refractivity contribution in [1.82, 2.24) is 15.5 Å². The molecular formula is C10H19N3O2. The van der Waals surface area contributed by atoms with Crippen LogP contribution in [0.3, 0.4) is 0 Å². The van der Waals surface area contributed by atoms with E-state index in [4.69, 9.17) is 9.15 Å². The highest BCUT2D eigenvalue weighted by Gasteiger charge is 2.26. The van der Waals surface area contributed by atoms with E-state index in [9.17, 15) is 0 Å². The molecule has 15 heavy (non-hydrogen) atoms. The standard InChI is InChI=1S/C10H19N3O2/c1-7(2)11-6-8-12-13-9(15-8)10(3,4)14-5/h7,11H,6H2,1-5H3. The lowest BCUT2D eigenvalue weighted by atomic mass is 10.1.